The Labute approximate surface area is 120 Å². The number of hydrogen-bond acceptors (Lipinski definition) is 3. The van der Waals surface area contributed by atoms with E-state index in [9.17, 15) is 0 Å². The summed E-state index contributed by atoms with van der Waals surface area (Å²) >= 11 is 0. The fourth-order valence-electron chi connectivity index (χ4n) is 3.35. The number of anilines is 1. The van der Waals surface area contributed by atoms with Gasteiger partial charge in [0.05, 0.1) is 18.2 Å². The molecule has 2 heterocycles. The van der Waals surface area contributed by atoms with Crippen molar-refractivity contribution in [2.24, 2.45) is 11.8 Å². The number of nitrogen functional groups attached to an aromatic ring is 1. The Bertz CT molecular complexity index is 590. The van der Waals surface area contributed by atoms with E-state index in [1.54, 1.807) is 6.20 Å². The van der Waals surface area contributed by atoms with E-state index in [0.29, 0.717) is 17.8 Å². The van der Waals surface area contributed by atoms with Crippen molar-refractivity contribution in [3.63, 3.8) is 0 Å². The molecular formula is C16H22N4. The standard InChI is InChI=1S/C16H22N4/c1-11-4-3-5-14(12(11)2)20-10-18-9-15(20)13-6-7-19-16(17)8-13/h6-12,14H,3-5H2,1-2H3,(H2,17,19). The molecule has 20 heavy (non-hydrogen) atoms. The van der Waals surface area contributed by atoms with Crippen molar-refractivity contribution in [1.29, 1.82) is 0 Å². The smallest absolute Gasteiger partial charge is 0.123 e. The van der Waals surface area contributed by atoms with Crippen LogP contribution in [0.2, 0.25) is 0 Å². The van der Waals surface area contributed by atoms with Crippen molar-refractivity contribution in [3.05, 3.63) is 30.9 Å². The number of rotatable bonds is 2. The highest BCUT2D eigenvalue weighted by atomic mass is 15.1. The van der Waals surface area contributed by atoms with E-state index in [4.69, 9.17) is 5.73 Å². The van der Waals surface area contributed by atoms with Gasteiger partial charge in [-0.1, -0.05) is 26.7 Å². The molecule has 4 nitrogen and oxygen atoms in total. The zero-order valence-electron chi connectivity index (χ0n) is 12.2. The summed E-state index contributed by atoms with van der Waals surface area (Å²) in [6.45, 7) is 4.72. The minimum Gasteiger partial charge on any atom is -0.384 e. The first-order valence-electron chi connectivity index (χ1n) is 7.40. The van der Waals surface area contributed by atoms with Gasteiger partial charge in [0.25, 0.3) is 0 Å². The quantitative estimate of drug-likeness (QED) is 0.908. The van der Waals surface area contributed by atoms with E-state index in [-0.39, 0.29) is 0 Å². The summed E-state index contributed by atoms with van der Waals surface area (Å²) < 4.78 is 2.33. The Hall–Kier alpha value is -1.84. The summed E-state index contributed by atoms with van der Waals surface area (Å²) in [5.41, 5.74) is 8.04. The summed E-state index contributed by atoms with van der Waals surface area (Å²) in [7, 11) is 0. The molecule has 0 aromatic carbocycles. The Balaban J connectivity index is 1.98. The number of imidazole rings is 1. The van der Waals surface area contributed by atoms with Gasteiger partial charge in [-0.3, -0.25) is 0 Å². The van der Waals surface area contributed by atoms with E-state index < -0.39 is 0 Å². The molecular weight excluding hydrogens is 248 g/mol. The van der Waals surface area contributed by atoms with Crippen LogP contribution < -0.4 is 5.73 Å². The predicted molar refractivity (Wildman–Crippen MR) is 81.1 cm³/mol. The number of hydrogen-bond donors (Lipinski definition) is 1. The zero-order chi connectivity index (χ0) is 14.1. The minimum atomic E-state index is 0.533. The van der Waals surface area contributed by atoms with Crippen LogP contribution in [0, 0.1) is 11.8 Å². The lowest BCUT2D eigenvalue weighted by Gasteiger charge is -2.35. The molecule has 0 aliphatic heterocycles. The van der Waals surface area contributed by atoms with Crippen LogP contribution in [-0.2, 0) is 0 Å². The summed E-state index contributed by atoms with van der Waals surface area (Å²) in [5.74, 6) is 2.00. The van der Waals surface area contributed by atoms with Crippen molar-refractivity contribution in [2.75, 3.05) is 5.73 Å². The Morgan fingerprint density at radius 1 is 1.30 bits per heavy atom. The molecule has 1 saturated carbocycles. The molecule has 2 aromatic heterocycles. The number of nitrogens with zero attached hydrogens (tertiary/aromatic N) is 3. The van der Waals surface area contributed by atoms with Gasteiger partial charge in [-0.15, -0.1) is 0 Å². The summed E-state index contributed by atoms with van der Waals surface area (Å²) in [4.78, 5) is 8.43. The molecule has 2 aromatic rings. The first kappa shape index (κ1) is 13.2. The van der Waals surface area contributed by atoms with Crippen LogP contribution in [0.1, 0.15) is 39.2 Å². The molecule has 1 aliphatic carbocycles. The van der Waals surface area contributed by atoms with E-state index in [1.165, 1.54) is 19.3 Å². The molecule has 0 amide bonds. The van der Waals surface area contributed by atoms with Crippen LogP contribution in [0.4, 0.5) is 5.82 Å². The summed E-state index contributed by atoms with van der Waals surface area (Å²) in [5, 5.41) is 0. The minimum absolute atomic E-state index is 0.533. The van der Waals surface area contributed by atoms with E-state index >= 15 is 0 Å². The third-order valence-corrected chi connectivity index (χ3v) is 4.76. The Morgan fingerprint density at radius 3 is 2.95 bits per heavy atom. The SMILES string of the molecule is CC1CCCC(n2cncc2-c2ccnc(N)c2)C1C. The van der Waals surface area contributed by atoms with Crippen LogP contribution in [-0.4, -0.2) is 14.5 Å². The molecule has 3 unspecified atom stereocenters. The molecule has 2 N–H and O–H groups in total. The third-order valence-electron chi connectivity index (χ3n) is 4.76. The van der Waals surface area contributed by atoms with Gasteiger partial charge in [0, 0.05) is 17.8 Å². The van der Waals surface area contributed by atoms with E-state index in [2.05, 4.69) is 28.4 Å². The number of nitrogens with two attached hydrogens (primary N) is 1. The molecule has 4 heteroatoms. The van der Waals surface area contributed by atoms with Crippen molar-refractivity contribution < 1.29 is 0 Å². The van der Waals surface area contributed by atoms with Crippen molar-refractivity contribution >= 4 is 5.82 Å². The Morgan fingerprint density at radius 2 is 2.15 bits per heavy atom. The maximum absolute atomic E-state index is 5.80. The Kier molecular flexibility index (Phi) is 3.47. The van der Waals surface area contributed by atoms with Gasteiger partial charge < -0.3 is 10.3 Å². The summed E-state index contributed by atoms with van der Waals surface area (Å²) in [6.07, 6.45) is 9.52. The molecule has 3 rings (SSSR count). The zero-order valence-corrected chi connectivity index (χ0v) is 12.2. The van der Waals surface area contributed by atoms with Crippen molar-refractivity contribution in [2.45, 2.75) is 39.2 Å². The lowest BCUT2D eigenvalue weighted by Crippen LogP contribution is -2.27. The van der Waals surface area contributed by atoms with Crippen LogP contribution in [0.5, 0.6) is 0 Å². The van der Waals surface area contributed by atoms with Crippen molar-refractivity contribution in [3.8, 4) is 11.3 Å². The summed E-state index contributed by atoms with van der Waals surface area (Å²) in [6, 6.07) is 4.45. The molecule has 1 aliphatic rings. The highest BCUT2D eigenvalue weighted by molar-refractivity contribution is 5.61. The first-order chi connectivity index (χ1) is 9.66. The number of pyridine rings is 1. The average Bonchev–Trinajstić information content (AvgIpc) is 2.91. The second kappa shape index (κ2) is 5.27. The van der Waals surface area contributed by atoms with Gasteiger partial charge in [0.2, 0.25) is 0 Å². The maximum Gasteiger partial charge on any atom is 0.123 e. The van der Waals surface area contributed by atoms with Crippen LogP contribution >= 0.6 is 0 Å². The monoisotopic (exact) mass is 270 g/mol. The molecule has 0 radical (unpaired) electrons. The largest absolute Gasteiger partial charge is 0.384 e. The molecule has 0 saturated heterocycles. The fourth-order valence-corrected chi connectivity index (χ4v) is 3.35. The second-order valence-electron chi connectivity index (χ2n) is 5.99. The lowest BCUT2D eigenvalue weighted by molar-refractivity contribution is 0.187. The van der Waals surface area contributed by atoms with Gasteiger partial charge in [0.15, 0.2) is 0 Å². The topological polar surface area (TPSA) is 56.7 Å². The van der Waals surface area contributed by atoms with E-state index in [0.717, 1.165) is 17.2 Å². The van der Waals surface area contributed by atoms with Crippen LogP contribution in [0.25, 0.3) is 11.3 Å². The van der Waals surface area contributed by atoms with Crippen molar-refractivity contribution in [1.82, 2.24) is 14.5 Å². The normalized spacial score (nSPS) is 26.6. The van der Waals surface area contributed by atoms with Gasteiger partial charge in [-0.05, 0) is 30.4 Å². The lowest BCUT2D eigenvalue weighted by atomic mass is 9.78. The molecule has 3 atom stereocenters. The van der Waals surface area contributed by atoms with Gasteiger partial charge >= 0.3 is 0 Å². The first-order valence-corrected chi connectivity index (χ1v) is 7.40. The van der Waals surface area contributed by atoms with Gasteiger partial charge in [-0.2, -0.15) is 0 Å². The highest BCUT2D eigenvalue weighted by Crippen LogP contribution is 2.39. The van der Waals surface area contributed by atoms with Gasteiger partial charge in [0.1, 0.15) is 5.82 Å². The fraction of sp³-hybridized carbons (Fsp3) is 0.500. The maximum atomic E-state index is 5.80. The average molecular weight is 270 g/mol. The van der Waals surface area contributed by atoms with Crippen LogP contribution in [0.15, 0.2) is 30.9 Å². The molecule has 0 spiro atoms. The highest BCUT2D eigenvalue weighted by Gasteiger charge is 2.29. The van der Waals surface area contributed by atoms with E-state index in [1.807, 2.05) is 24.7 Å². The van der Waals surface area contributed by atoms with Gasteiger partial charge in [-0.25, -0.2) is 9.97 Å². The van der Waals surface area contributed by atoms with Crippen LogP contribution in [0.3, 0.4) is 0 Å². The third kappa shape index (κ3) is 2.30. The molecule has 1 fully saturated rings. The second-order valence-corrected chi connectivity index (χ2v) is 5.99. The molecule has 106 valence electrons. The molecule has 0 bridgehead atoms. The predicted octanol–water partition coefficient (Wildman–Crippen LogP) is 3.52. The number of aromatic nitrogens is 3.